The maximum Gasteiger partial charge on any atom is 0.157 e. The third-order valence-electron chi connectivity index (χ3n) is 3.71. The van der Waals surface area contributed by atoms with E-state index in [1.54, 1.807) is 21.3 Å². The predicted octanol–water partition coefficient (Wildman–Crippen LogP) is 0.598. The molecule has 1 fully saturated rings. The maximum atomic E-state index is 6.23. The Morgan fingerprint density at radius 3 is 2.53 bits per heavy atom. The lowest BCUT2D eigenvalue weighted by molar-refractivity contribution is -0.216. The van der Waals surface area contributed by atoms with E-state index >= 15 is 0 Å². The highest BCUT2D eigenvalue weighted by atomic mass is 32.2. The molecule has 2 aliphatic heterocycles. The van der Waals surface area contributed by atoms with Crippen molar-refractivity contribution < 1.29 is 18.9 Å². The number of methoxy groups -OCH3 is 3. The minimum atomic E-state index is -0.469. The number of aliphatic imine (C=N–C) groups is 1. The summed E-state index contributed by atoms with van der Waals surface area (Å²) < 4.78 is 22.6. The topological polar surface area (TPSA) is 75.3 Å². The average molecular weight is 290 g/mol. The van der Waals surface area contributed by atoms with Crippen LogP contribution in [0.3, 0.4) is 0 Å². The van der Waals surface area contributed by atoms with E-state index in [0.717, 1.165) is 6.42 Å². The Hall–Kier alpha value is -0.340. The molecule has 0 aliphatic carbocycles. The van der Waals surface area contributed by atoms with E-state index in [1.807, 2.05) is 0 Å². The first-order valence-electron chi connectivity index (χ1n) is 6.36. The van der Waals surface area contributed by atoms with Gasteiger partial charge in [-0.2, -0.15) is 0 Å². The number of amidine groups is 1. The van der Waals surface area contributed by atoms with Crippen LogP contribution >= 0.6 is 11.8 Å². The summed E-state index contributed by atoms with van der Waals surface area (Å²) in [5.41, 5.74) is 5.88. The molecule has 110 valence electrons. The Morgan fingerprint density at radius 1 is 1.32 bits per heavy atom. The lowest BCUT2D eigenvalue weighted by atomic mass is 9.91. The number of thioether (sulfide) groups is 1. The van der Waals surface area contributed by atoms with Crippen molar-refractivity contribution >= 4 is 16.9 Å². The minimum Gasteiger partial charge on any atom is -0.382 e. The first kappa shape index (κ1) is 15.1. The van der Waals surface area contributed by atoms with Gasteiger partial charge in [0.15, 0.2) is 5.17 Å². The largest absolute Gasteiger partial charge is 0.382 e. The molecule has 0 radical (unpaired) electrons. The molecule has 7 heteroatoms. The Morgan fingerprint density at radius 2 is 2.00 bits per heavy atom. The molecule has 0 saturated carbocycles. The second-order valence-electron chi connectivity index (χ2n) is 4.69. The Bertz CT molecular complexity index is 355. The predicted molar refractivity (Wildman–Crippen MR) is 74.4 cm³/mol. The number of hydrogen-bond donors (Lipinski definition) is 1. The molecule has 5 atom stereocenters. The van der Waals surface area contributed by atoms with Gasteiger partial charge in [-0.15, -0.1) is 0 Å². The highest BCUT2D eigenvalue weighted by molar-refractivity contribution is 8.15. The molecule has 5 unspecified atom stereocenters. The Kier molecular flexibility index (Phi) is 4.73. The number of hydrogen-bond acceptors (Lipinski definition) is 7. The van der Waals surface area contributed by atoms with Crippen LogP contribution in [0.4, 0.5) is 0 Å². The number of nitrogens with two attached hydrogens (primary N) is 1. The van der Waals surface area contributed by atoms with Crippen LogP contribution in [0.1, 0.15) is 13.3 Å². The van der Waals surface area contributed by atoms with Gasteiger partial charge in [0.2, 0.25) is 0 Å². The van der Waals surface area contributed by atoms with Gasteiger partial charge < -0.3 is 24.7 Å². The van der Waals surface area contributed by atoms with Crippen molar-refractivity contribution in [1.29, 1.82) is 0 Å². The third kappa shape index (κ3) is 2.50. The van der Waals surface area contributed by atoms with E-state index in [4.69, 9.17) is 24.7 Å². The summed E-state index contributed by atoms with van der Waals surface area (Å²) in [6.07, 6.45) is 0.199. The van der Waals surface area contributed by atoms with Crippen molar-refractivity contribution in [3.8, 4) is 0 Å². The number of nitrogens with zero attached hydrogens (tertiary/aromatic N) is 1. The van der Waals surface area contributed by atoms with Gasteiger partial charge in [-0.05, 0) is 6.42 Å². The molecule has 2 aliphatic rings. The molecule has 0 aromatic carbocycles. The summed E-state index contributed by atoms with van der Waals surface area (Å²) in [5.74, 6) is 0. The molecule has 0 aromatic heterocycles. The van der Waals surface area contributed by atoms with Crippen LogP contribution in [0.2, 0.25) is 0 Å². The fourth-order valence-corrected chi connectivity index (χ4v) is 3.98. The zero-order valence-corrected chi connectivity index (χ0v) is 12.6. The number of fused-ring (bicyclic) bond motifs is 1. The molecule has 0 spiro atoms. The molecular weight excluding hydrogens is 268 g/mol. The van der Waals surface area contributed by atoms with E-state index < -0.39 is 4.93 Å². The van der Waals surface area contributed by atoms with E-state index in [1.165, 1.54) is 11.8 Å². The van der Waals surface area contributed by atoms with Gasteiger partial charge in [-0.25, -0.2) is 0 Å². The highest BCUT2D eigenvalue weighted by Crippen LogP contribution is 2.48. The van der Waals surface area contributed by atoms with Crippen molar-refractivity contribution in [1.82, 2.24) is 0 Å². The second kappa shape index (κ2) is 5.97. The van der Waals surface area contributed by atoms with E-state index in [9.17, 15) is 0 Å². The first-order chi connectivity index (χ1) is 9.11. The van der Waals surface area contributed by atoms with Gasteiger partial charge in [0.05, 0.1) is 6.61 Å². The fraction of sp³-hybridized carbons (Fsp3) is 0.917. The fourth-order valence-electron chi connectivity index (χ4n) is 2.84. The number of ether oxygens (including phenoxy) is 4. The SMILES string of the molecule is CCC12OC(COC)C(OC)C(OC)C1N=C(N)S2. The summed E-state index contributed by atoms with van der Waals surface area (Å²) in [7, 11) is 4.97. The molecule has 19 heavy (non-hydrogen) atoms. The van der Waals surface area contributed by atoms with Gasteiger partial charge in [0.1, 0.15) is 29.3 Å². The summed E-state index contributed by atoms with van der Waals surface area (Å²) in [5, 5.41) is 0.543. The maximum absolute atomic E-state index is 6.23. The molecule has 2 heterocycles. The van der Waals surface area contributed by atoms with Gasteiger partial charge in [-0.3, -0.25) is 4.99 Å². The van der Waals surface area contributed by atoms with Crippen molar-refractivity contribution in [3.05, 3.63) is 0 Å². The van der Waals surface area contributed by atoms with Crippen LogP contribution in [0.15, 0.2) is 4.99 Å². The van der Waals surface area contributed by atoms with Crippen LogP contribution in [0.5, 0.6) is 0 Å². The highest BCUT2D eigenvalue weighted by Gasteiger charge is 2.58. The normalized spacial score (nSPS) is 42.0. The van der Waals surface area contributed by atoms with Crippen LogP contribution in [0.25, 0.3) is 0 Å². The van der Waals surface area contributed by atoms with Crippen LogP contribution in [-0.2, 0) is 18.9 Å². The molecule has 0 aromatic rings. The summed E-state index contributed by atoms with van der Waals surface area (Å²) in [6, 6.07) is -0.148. The molecule has 0 amide bonds. The molecular formula is C12H22N2O4S. The minimum absolute atomic E-state index is 0.148. The van der Waals surface area contributed by atoms with Crippen molar-refractivity contribution in [2.45, 2.75) is 42.6 Å². The van der Waals surface area contributed by atoms with E-state index in [-0.39, 0.29) is 24.4 Å². The Labute approximate surface area is 118 Å². The number of rotatable bonds is 5. The lowest BCUT2D eigenvalue weighted by Gasteiger charge is -2.47. The Balaban J connectivity index is 2.31. The summed E-state index contributed by atoms with van der Waals surface area (Å²) >= 11 is 1.47. The van der Waals surface area contributed by atoms with Gasteiger partial charge >= 0.3 is 0 Å². The molecule has 0 bridgehead atoms. The van der Waals surface area contributed by atoms with E-state index in [2.05, 4.69) is 11.9 Å². The van der Waals surface area contributed by atoms with Crippen LogP contribution < -0.4 is 5.73 Å². The lowest BCUT2D eigenvalue weighted by Crippen LogP contribution is -2.62. The zero-order valence-electron chi connectivity index (χ0n) is 11.8. The van der Waals surface area contributed by atoms with Crippen molar-refractivity contribution in [3.63, 3.8) is 0 Å². The second-order valence-corrected chi connectivity index (χ2v) is 6.01. The van der Waals surface area contributed by atoms with Crippen LogP contribution in [-0.4, -0.2) is 62.4 Å². The van der Waals surface area contributed by atoms with Crippen LogP contribution in [0, 0.1) is 0 Å². The van der Waals surface area contributed by atoms with Crippen molar-refractivity contribution in [2.75, 3.05) is 27.9 Å². The quantitative estimate of drug-likeness (QED) is 0.799. The molecule has 2 N–H and O–H groups in total. The monoisotopic (exact) mass is 290 g/mol. The van der Waals surface area contributed by atoms with Gasteiger partial charge in [0.25, 0.3) is 0 Å². The smallest absolute Gasteiger partial charge is 0.157 e. The van der Waals surface area contributed by atoms with Gasteiger partial charge in [0, 0.05) is 21.3 Å². The standard InChI is InChI=1S/C12H22N2O4S/c1-5-12-10(14-11(13)19-12)9(17-4)8(16-3)7(18-12)6-15-2/h7-10H,5-6H2,1-4H3,(H2,13,14). The molecule has 6 nitrogen and oxygen atoms in total. The average Bonchev–Trinajstić information content (AvgIpc) is 2.74. The third-order valence-corrected chi connectivity index (χ3v) is 5.00. The first-order valence-corrected chi connectivity index (χ1v) is 7.18. The molecule has 2 rings (SSSR count). The van der Waals surface area contributed by atoms with Crippen molar-refractivity contribution in [2.24, 2.45) is 10.7 Å². The molecule has 1 saturated heterocycles. The van der Waals surface area contributed by atoms with E-state index in [0.29, 0.717) is 11.8 Å². The zero-order chi connectivity index (χ0) is 14.0. The summed E-state index contributed by atoms with van der Waals surface area (Å²) in [6.45, 7) is 2.52. The summed E-state index contributed by atoms with van der Waals surface area (Å²) in [4.78, 5) is 4.02. The van der Waals surface area contributed by atoms with Gasteiger partial charge in [-0.1, -0.05) is 18.7 Å².